The van der Waals surface area contributed by atoms with Crippen molar-refractivity contribution in [2.24, 2.45) is 11.7 Å². The van der Waals surface area contributed by atoms with E-state index < -0.39 is 11.9 Å². The van der Waals surface area contributed by atoms with Crippen molar-refractivity contribution in [3.63, 3.8) is 0 Å². The summed E-state index contributed by atoms with van der Waals surface area (Å²) in [5.74, 6) is -1.17. The summed E-state index contributed by atoms with van der Waals surface area (Å²) in [6.45, 7) is 2.68. The van der Waals surface area contributed by atoms with Gasteiger partial charge >= 0.3 is 5.97 Å². The molecule has 3 N–H and O–H groups in total. The molecule has 1 rings (SSSR count). The van der Waals surface area contributed by atoms with Crippen LogP contribution in [0.3, 0.4) is 0 Å². The van der Waals surface area contributed by atoms with E-state index in [1.54, 1.807) is 0 Å². The highest BCUT2D eigenvalue weighted by molar-refractivity contribution is 5.71. The standard InChI is InChI=1S/C9H18N2O2/c1-3-6-4-8(10)7(9(12)13)5-11(6)2/h6-8H,3-5,10H2,1-2H3,(H,12,13). The zero-order valence-electron chi connectivity index (χ0n) is 8.23. The topological polar surface area (TPSA) is 66.6 Å². The summed E-state index contributed by atoms with van der Waals surface area (Å²) < 4.78 is 0. The predicted octanol–water partition coefficient (Wildman–Crippen LogP) is 0.129. The predicted molar refractivity (Wildman–Crippen MR) is 50.4 cm³/mol. The molecule has 0 spiro atoms. The molecule has 1 aliphatic heterocycles. The Morgan fingerprint density at radius 3 is 2.77 bits per heavy atom. The number of carboxylic acid groups (broad SMARTS) is 1. The fraction of sp³-hybridized carbons (Fsp3) is 0.889. The molecule has 1 saturated heterocycles. The third-order valence-electron chi connectivity index (χ3n) is 2.96. The van der Waals surface area contributed by atoms with Crippen LogP contribution in [-0.2, 0) is 4.79 Å². The molecule has 0 radical (unpaired) electrons. The number of hydrogen-bond donors (Lipinski definition) is 2. The van der Waals surface area contributed by atoms with Gasteiger partial charge in [0.05, 0.1) is 5.92 Å². The molecule has 1 fully saturated rings. The molecule has 1 heterocycles. The van der Waals surface area contributed by atoms with Crippen molar-refractivity contribution in [2.45, 2.75) is 31.8 Å². The van der Waals surface area contributed by atoms with Gasteiger partial charge in [0.2, 0.25) is 0 Å². The van der Waals surface area contributed by atoms with Crippen LogP contribution in [-0.4, -0.2) is 41.7 Å². The minimum absolute atomic E-state index is 0.182. The number of likely N-dealkylation sites (tertiary alicyclic amines) is 1. The Bertz CT molecular complexity index is 196. The van der Waals surface area contributed by atoms with Crippen LogP contribution in [0.15, 0.2) is 0 Å². The van der Waals surface area contributed by atoms with Gasteiger partial charge in [0.15, 0.2) is 0 Å². The van der Waals surface area contributed by atoms with Gasteiger partial charge in [0.1, 0.15) is 0 Å². The van der Waals surface area contributed by atoms with Crippen LogP contribution in [0.2, 0.25) is 0 Å². The summed E-state index contributed by atoms with van der Waals surface area (Å²) in [6.07, 6.45) is 1.83. The molecule has 0 amide bonds. The van der Waals surface area contributed by atoms with E-state index in [1.807, 2.05) is 7.05 Å². The lowest BCUT2D eigenvalue weighted by Gasteiger charge is -2.38. The smallest absolute Gasteiger partial charge is 0.309 e. The Hall–Kier alpha value is -0.610. The average Bonchev–Trinajstić information content (AvgIpc) is 2.07. The van der Waals surface area contributed by atoms with Crippen LogP contribution in [0.4, 0.5) is 0 Å². The maximum absolute atomic E-state index is 10.8. The van der Waals surface area contributed by atoms with Crippen molar-refractivity contribution < 1.29 is 9.90 Å². The summed E-state index contributed by atoms with van der Waals surface area (Å²) in [5.41, 5.74) is 5.80. The van der Waals surface area contributed by atoms with Crippen molar-refractivity contribution in [3.05, 3.63) is 0 Å². The van der Waals surface area contributed by atoms with Crippen LogP contribution in [0.25, 0.3) is 0 Å². The zero-order valence-corrected chi connectivity index (χ0v) is 8.23. The SMILES string of the molecule is CCC1CC(N)C(C(=O)O)CN1C. The summed E-state index contributed by atoms with van der Waals surface area (Å²) >= 11 is 0. The van der Waals surface area contributed by atoms with E-state index in [1.165, 1.54) is 0 Å². The van der Waals surface area contributed by atoms with E-state index in [0.717, 1.165) is 12.8 Å². The monoisotopic (exact) mass is 186 g/mol. The molecule has 4 nitrogen and oxygen atoms in total. The van der Waals surface area contributed by atoms with Gasteiger partial charge in [-0.2, -0.15) is 0 Å². The van der Waals surface area contributed by atoms with Crippen LogP contribution >= 0.6 is 0 Å². The molecule has 0 aromatic heterocycles. The summed E-state index contributed by atoms with van der Waals surface area (Å²) in [5, 5.41) is 8.88. The number of nitrogens with zero attached hydrogens (tertiary/aromatic N) is 1. The van der Waals surface area contributed by atoms with E-state index in [4.69, 9.17) is 10.8 Å². The van der Waals surface area contributed by atoms with E-state index >= 15 is 0 Å². The second-order valence-electron chi connectivity index (χ2n) is 3.85. The lowest BCUT2D eigenvalue weighted by molar-refractivity contribution is -0.144. The minimum Gasteiger partial charge on any atom is -0.481 e. The number of carboxylic acids is 1. The Kier molecular flexibility index (Phi) is 3.27. The van der Waals surface area contributed by atoms with E-state index in [0.29, 0.717) is 12.6 Å². The highest BCUT2D eigenvalue weighted by atomic mass is 16.4. The molecule has 3 atom stereocenters. The Balaban J connectivity index is 2.61. The van der Waals surface area contributed by atoms with Crippen molar-refractivity contribution >= 4 is 5.97 Å². The van der Waals surface area contributed by atoms with Gasteiger partial charge in [-0.3, -0.25) is 4.79 Å². The number of carbonyl (C=O) groups is 1. The summed E-state index contributed by atoms with van der Waals surface area (Å²) in [6, 6.07) is 0.268. The molecular weight excluding hydrogens is 168 g/mol. The Morgan fingerprint density at radius 2 is 2.31 bits per heavy atom. The number of rotatable bonds is 2. The zero-order chi connectivity index (χ0) is 10.0. The summed E-state index contributed by atoms with van der Waals surface area (Å²) in [7, 11) is 1.97. The van der Waals surface area contributed by atoms with Crippen LogP contribution in [0.1, 0.15) is 19.8 Å². The van der Waals surface area contributed by atoms with Gasteiger partial charge in [-0.25, -0.2) is 0 Å². The highest BCUT2D eigenvalue weighted by Crippen LogP contribution is 2.21. The van der Waals surface area contributed by atoms with Gasteiger partial charge in [-0.1, -0.05) is 6.92 Å². The van der Waals surface area contributed by atoms with Crippen LogP contribution in [0, 0.1) is 5.92 Å². The fourth-order valence-corrected chi connectivity index (χ4v) is 1.99. The van der Waals surface area contributed by atoms with Crippen molar-refractivity contribution in [1.82, 2.24) is 4.90 Å². The van der Waals surface area contributed by atoms with Gasteiger partial charge < -0.3 is 15.7 Å². The number of piperidine rings is 1. The molecule has 0 bridgehead atoms. The average molecular weight is 186 g/mol. The Morgan fingerprint density at radius 1 is 1.69 bits per heavy atom. The van der Waals surface area contributed by atoms with Crippen LogP contribution in [0.5, 0.6) is 0 Å². The van der Waals surface area contributed by atoms with Gasteiger partial charge in [-0.15, -0.1) is 0 Å². The highest BCUT2D eigenvalue weighted by Gasteiger charge is 2.34. The first kappa shape index (κ1) is 10.5. The van der Waals surface area contributed by atoms with Gasteiger partial charge in [-0.05, 0) is 19.9 Å². The Labute approximate surface area is 78.7 Å². The third kappa shape index (κ3) is 2.19. The molecule has 0 aliphatic carbocycles. The van der Waals surface area contributed by atoms with Gasteiger partial charge in [0, 0.05) is 18.6 Å². The second-order valence-corrected chi connectivity index (χ2v) is 3.85. The fourth-order valence-electron chi connectivity index (χ4n) is 1.99. The molecule has 1 aliphatic rings. The van der Waals surface area contributed by atoms with E-state index in [-0.39, 0.29) is 6.04 Å². The second kappa shape index (κ2) is 4.07. The molecule has 0 saturated carbocycles. The molecule has 3 unspecified atom stereocenters. The molecule has 4 heteroatoms. The van der Waals surface area contributed by atoms with E-state index in [2.05, 4.69) is 11.8 Å². The first-order valence-electron chi connectivity index (χ1n) is 4.74. The largest absolute Gasteiger partial charge is 0.481 e. The van der Waals surface area contributed by atoms with Crippen molar-refractivity contribution in [1.29, 1.82) is 0 Å². The van der Waals surface area contributed by atoms with Crippen LogP contribution < -0.4 is 5.73 Å². The first-order valence-corrected chi connectivity index (χ1v) is 4.74. The molecule has 76 valence electrons. The van der Waals surface area contributed by atoms with Crippen molar-refractivity contribution in [3.8, 4) is 0 Å². The first-order chi connectivity index (χ1) is 6.06. The quantitative estimate of drug-likeness (QED) is 0.643. The van der Waals surface area contributed by atoms with E-state index in [9.17, 15) is 4.79 Å². The lowest BCUT2D eigenvalue weighted by Crippen LogP contribution is -2.53. The molecule has 0 aromatic carbocycles. The maximum atomic E-state index is 10.8. The lowest BCUT2D eigenvalue weighted by atomic mass is 9.87. The maximum Gasteiger partial charge on any atom is 0.309 e. The van der Waals surface area contributed by atoms with Gasteiger partial charge in [0.25, 0.3) is 0 Å². The molecule has 0 aromatic rings. The normalized spacial score (nSPS) is 36.1. The summed E-state index contributed by atoms with van der Waals surface area (Å²) in [4.78, 5) is 12.9. The number of nitrogens with two attached hydrogens (primary N) is 1. The minimum atomic E-state index is -0.770. The molecular formula is C9H18N2O2. The molecule has 13 heavy (non-hydrogen) atoms. The number of hydrogen-bond acceptors (Lipinski definition) is 3. The third-order valence-corrected chi connectivity index (χ3v) is 2.96. The van der Waals surface area contributed by atoms with Crippen molar-refractivity contribution in [2.75, 3.05) is 13.6 Å². The number of aliphatic carboxylic acids is 1.